The van der Waals surface area contributed by atoms with Crippen LogP contribution in [0, 0.1) is 22.7 Å². The highest BCUT2D eigenvalue weighted by Gasteiger charge is 2.24. The van der Waals surface area contributed by atoms with Crippen LogP contribution in [0.25, 0.3) is 27.8 Å². The molecule has 0 spiro atoms. The molecule has 2 heterocycles. The number of hydrogen-bond acceptors (Lipinski definition) is 6. The van der Waals surface area contributed by atoms with Crippen LogP contribution in [0.2, 0.25) is 0 Å². The molecule has 4 rings (SSSR count). The maximum absolute atomic E-state index is 9.99. The SMILES string of the molecule is COc1cc(-c2c(C#N)c(N)n3c(nc4ccccc43)c2C#N)cc(Br)c1OC. The van der Waals surface area contributed by atoms with Crippen LogP contribution in [-0.2, 0) is 0 Å². The summed E-state index contributed by atoms with van der Waals surface area (Å²) < 4.78 is 13.0. The van der Waals surface area contributed by atoms with Crippen molar-refractivity contribution in [1.82, 2.24) is 9.38 Å². The first-order valence-electron chi connectivity index (χ1n) is 8.50. The Labute approximate surface area is 174 Å². The molecule has 2 N–H and O–H groups in total. The molecule has 2 aromatic carbocycles. The average molecular weight is 448 g/mol. The van der Waals surface area contributed by atoms with Crippen molar-refractivity contribution in [1.29, 1.82) is 10.5 Å². The van der Waals surface area contributed by atoms with Gasteiger partial charge in [-0.2, -0.15) is 10.5 Å². The number of nitrogens with zero attached hydrogens (tertiary/aromatic N) is 4. The topological polar surface area (TPSA) is 109 Å². The normalized spacial score (nSPS) is 10.7. The van der Waals surface area contributed by atoms with E-state index in [1.807, 2.05) is 24.3 Å². The fourth-order valence-corrected chi connectivity index (χ4v) is 4.09. The van der Waals surface area contributed by atoms with Crippen LogP contribution in [0.5, 0.6) is 11.5 Å². The first kappa shape index (κ1) is 18.6. The number of rotatable bonds is 3. The van der Waals surface area contributed by atoms with E-state index in [1.165, 1.54) is 14.2 Å². The van der Waals surface area contributed by atoms with Crippen molar-refractivity contribution in [3.05, 3.63) is 52.0 Å². The largest absolute Gasteiger partial charge is 0.493 e. The summed E-state index contributed by atoms with van der Waals surface area (Å²) in [5, 5.41) is 19.9. The maximum Gasteiger partial charge on any atom is 0.174 e. The first-order valence-corrected chi connectivity index (χ1v) is 9.29. The van der Waals surface area contributed by atoms with Gasteiger partial charge in [0.2, 0.25) is 0 Å². The Kier molecular flexibility index (Phi) is 4.50. The lowest BCUT2D eigenvalue weighted by atomic mass is 9.96. The predicted octanol–water partition coefficient (Wildman–Crippen LogP) is 4.26. The number of halogens is 1. The highest BCUT2D eigenvalue weighted by atomic mass is 79.9. The molecule has 0 aliphatic carbocycles. The summed E-state index contributed by atoms with van der Waals surface area (Å²) in [6, 6.07) is 15.2. The Bertz CT molecular complexity index is 1380. The van der Waals surface area contributed by atoms with E-state index < -0.39 is 0 Å². The Morgan fingerprint density at radius 1 is 1.07 bits per heavy atom. The van der Waals surface area contributed by atoms with Crippen molar-refractivity contribution in [2.75, 3.05) is 20.0 Å². The van der Waals surface area contributed by atoms with Gasteiger partial charge in [-0.3, -0.25) is 4.40 Å². The van der Waals surface area contributed by atoms with Gasteiger partial charge in [-0.1, -0.05) is 12.1 Å². The lowest BCUT2D eigenvalue weighted by molar-refractivity contribution is 0.353. The number of nitriles is 2. The van der Waals surface area contributed by atoms with E-state index in [4.69, 9.17) is 15.2 Å². The number of pyridine rings is 1. The van der Waals surface area contributed by atoms with Gasteiger partial charge < -0.3 is 15.2 Å². The molecule has 142 valence electrons. The summed E-state index contributed by atoms with van der Waals surface area (Å²) in [7, 11) is 3.05. The van der Waals surface area contributed by atoms with Gasteiger partial charge in [-0.15, -0.1) is 0 Å². The molecule has 0 radical (unpaired) electrons. The van der Waals surface area contributed by atoms with E-state index in [-0.39, 0.29) is 16.9 Å². The third-order valence-electron chi connectivity index (χ3n) is 4.73. The molecule has 0 fully saturated rings. The van der Waals surface area contributed by atoms with Gasteiger partial charge in [0.05, 0.1) is 29.7 Å². The Morgan fingerprint density at radius 3 is 2.45 bits per heavy atom. The molecular weight excluding hydrogens is 434 g/mol. The highest BCUT2D eigenvalue weighted by Crippen LogP contribution is 2.43. The second-order valence-corrected chi connectivity index (χ2v) is 7.04. The Morgan fingerprint density at radius 2 is 1.79 bits per heavy atom. The molecule has 8 heteroatoms. The summed E-state index contributed by atoms with van der Waals surface area (Å²) >= 11 is 3.46. The second-order valence-electron chi connectivity index (χ2n) is 6.19. The summed E-state index contributed by atoms with van der Waals surface area (Å²) in [6.07, 6.45) is 0. The molecule has 0 unspecified atom stereocenters. The molecule has 0 saturated carbocycles. The third kappa shape index (κ3) is 2.65. The second kappa shape index (κ2) is 7.01. The number of ether oxygens (including phenoxy) is 2. The van der Waals surface area contributed by atoms with Crippen molar-refractivity contribution < 1.29 is 9.47 Å². The molecule has 29 heavy (non-hydrogen) atoms. The maximum atomic E-state index is 9.99. The van der Waals surface area contributed by atoms with Crippen molar-refractivity contribution >= 4 is 38.4 Å². The van der Waals surface area contributed by atoms with Crippen LogP contribution in [0.4, 0.5) is 5.82 Å². The van der Waals surface area contributed by atoms with E-state index in [2.05, 4.69) is 33.1 Å². The minimum atomic E-state index is 0.191. The van der Waals surface area contributed by atoms with E-state index in [1.54, 1.807) is 16.5 Å². The molecule has 0 amide bonds. The summed E-state index contributed by atoms with van der Waals surface area (Å²) in [4.78, 5) is 4.59. The van der Waals surface area contributed by atoms with Crippen LogP contribution >= 0.6 is 15.9 Å². The zero-order chi connectivity index (χ0) is 20.7. The lowest BCUT2D eigenvalue weighted by Crippen LogP contribution is -2.06. The van der Waals surface area contributed by atoms with E-state index in [9.17, 15) is 10.5 Å². The molecule has 0 aliphatic rings. The van der Waals surface area contributed by atoms with Crippen molar-refractivity contribution in [2.24, 2.45) is 0 Å². The van der Waals surface area contributed by atoms with Gasteiger partial charge in [0.25, 0.3) is 0 Å². The molecule has 0 atom stereocenters. The Hall–Kier alpha value is -3.75. The summed E-state index contributed by atoms with van der Waals surface area (Å²) in [5.41, 5.74) is 9.63. The number of fused-ring (bicyclic) bond motifs is 3. The van der Waals surface area contributed by atoms with Gasteiger partial charge in [-0.05, 0) is 45.8 Å². The summed E-state index contributed by atoms with van der Waals surface area (Å²) in [6.45, 7) is 0. The fraction of sp³-hybridized carbons (Fsp3) is 0.0952. The third-order valence-corrected chi connectivity index (χ3v) is 5.32. The number of aromatic nitrogens is 2. The van der Waals surface area contributed by atoms with E-state index in [0.29, 0.717) is 38.3 Å². The van der Waals surface area contributed by atoms with Crippen molar-refractivity contribution in [3.8, 4) is 34.8 Å². The first-order chi connectivity index (χ1) is 14.0. The van der Waals surface area contributed by atoms with Gasteiger partial charge in [0, 0.05) is 5.56 Å². The van der Waals surface area contributed by atoms with E-state index >= 15 is 0 Å². The number of para-hydroxylation sites is 2. The van der Waals surface area contributed by atoms with Gasteiger partial charge in [-0.25, -0.2) is 4.98 Å². The van der Waals surface area contributed by atoms with Gasteiger partial charge in [0.1, 0.15) is 29.1 Å². The molecule has 7 nitrogen and oxygen atoms in total. The predicted molar refractivity (Wildman–Crippen MR) is 113 cm³/mol. The molecule has 2 aromatic heterocycles. The number of methoxy groups -OCH3 is 2. The van der Waals surface area contributed by atoms with Crippen molar-refractivity contribution in [3.63, 3.8) is 0 Å². The Balaban J connectivity index is 2.19. The lowest BCUT2D eigenvalue weighted by Gasteiger charge is -2.16. The monoisotopic (exact) mass is 447 g/mol. The molecule has 0 saturated heterocycles. The molecule has 0 aliphatic heterocycles. The number of nitrogens with two attached hydrogens (primary N) is 1. The average Bonchev–Trinajstić information content (AvgIpc) is 3.12. The molecular formula is C21H14BrN5O2. The number of anilines is 1. The van der Waals surface area contributed by atoms with E-state index in [0.717, 1.165) is 5.52 Å². The zero-order valence-corrected chi connectivity index (χ0v) is 17.1. The van der Waals surface area contributed by atoms with Crippen molar-refractivity contribution in [2.45, 2.75) is 0 Å². The minimum absolute atomic E-state index is 0.191. The number of nitrogen functional groups attached to an aromatic ring is 1. The zero-order valence-electron chi connectivity index (χ0n) is 15.5. The van der Waals surface area contributed by atoms with Gasteiger partial charge in [0.15, 0.2) is 17.1 Å². The van der Waals surface area contributed by atoms with Crippen LogP contribution in [0.15, 0.2) is 40.9 Å². The van der Waals surface area contributed by atoms with Crippen LogP contribution in [0.3, 0.4) is 0 Å². The standard InChI is InChI=1S/C21H14BrN5O2/c1-28-17-8-11(7-14(22)19(17)29-2)18-12(9-23)20(25)27-16-6-4-3-5-15(16)26-21(27)13(18)10-24/h3-8H,25H2,1-2H3. The molecule has 0 bridgehead atoms. The number of hydrogen-bond donors (Lipinski definition) is 1. The fourth-order valence-electron chi connectivity index (χ4n) is 3.48. The quantitative estimate of drug-likeness (QED) is 0.502. The van der Waals surface area contributed by atoms with Crippen LogP contribution in [0.1, 0.15) is 11.1 Å². The minimum Gasteiger partial charge on any atom is -0.493 e. The van der Waals surface area contributed by atoms with Gasteiger partial charge >= 0.3 is 0 Å². The smallest absolute Gasteiger partial charge is 0.174 e. The number of benzene rings is 2. The summed E-state index contributed by atoms with van der Waals surface area (Å²) in [5.74, 6) is 1.18. The number of imidazole rings is 1. The molecule has 4 aromatic rings. The van der Waals surface area contributed by atoms with Crippen LogP contribution < -0.4 is 15.2 Å². The van der Waals surface area contributed by atoms with Crippen LogP contribution in [-0.4, -0.2) is 23.6 Å². The highest BCUT2D eigenvalue weighted by molar-refractivity contribution is 9.10.